The van der Waals surface area contributed by atoms with Gasteiger partial charge in [-0.2, -0.15) is 0 Å². The molecule has 0 radical (unpaired) electrons. The maximum Gasteiger partial charge on any atom is 0.342 e. The first-order valence-electron chi connectivity index (χ1n) is 8.71. The Labute approximate surface area is 156 Å². The Morgan fingerprint density at radius 1 is 1.11 bits per heavy atom. The highest BCUT2D eigenvalue weighted by Gasteiger charge is 2.22. The molecule has 2 aliphatic rings. The number of fused-ring (bicyclic) bond motifs is 1. The lowest BCUT2D eigenvalue weighted by atomic mass is 9.90. The normalized spacial score (nSPS) is 15.3. The summed E-state index contributed by atoms with van der Waals surface area (Å²) in [4.78, 5) is 36.1. The van der Waals surface area contributed by atoms with Crippen LogP contribution in [0.1, 0.15) is 40.7 Å². The van der Waals surface area contributed by atoms with Crippen LogP contribution in [-0.4, -0.2) is 36.5 Å². The van der Waals surface area contributed by atoms with Gasteiger partial charge in [0.05, 0.1) is 7.11 Å². The lowest BCUT2D eigenvalue weighted by molar-refractivity contribution is -0.136. The molecule has 0 aromatic heterocycles. The van der Waals surface area contributed by atoms with Crippen LogP contribution in [-0.2, 0) is 25.5 Å². The van der Waals surface area contributed by atoms with E-state index in [9.17, 15) is 19.5 Å². The van der Waals surface area contributed by atoms with E-state index in [1.54, 1.807) is 12.2 Å². The minimum Gasteiger partial charge on any atom is -0.507 e. The molecule has 1 aromatic rings. The third-order valence-corrected chi connectivity index (χ3v) is 4.57. The lowest BCUT2D eigenvalue weighted by Gasteiger charge is -2.17. The molecule has 0 bridgehead atoms. The van der Waals surface area contributed by atoms with Crippen LogP contribution in [0.2, 0.25) is 0 Å². The van der Waals surface area contributed by atoms with Crippen LogP contribution in [0.4, 0.5) is 0 Å². The predicted octanol–water partition coefficient (Wildman–Crippen LogP) is 2.90. The molecule has 0 heterocycles. The molecule has 6 nitrogen and oxygen atoms in total. The molecule has 0 atom stereocenters. The summed E-state index contributed by atoms with van der Waals surface area (Å²) in [5.41, 5.74) is 2.45. The fourth-order valence-electron chi connectivity index (χ4n) is 3.10. The molecule has 2 aliphatic carbocycles. The number of ether oxygens (including phenoxy) is 2. The van der Waals surface area contributed by atoms with Crippen LogP contribution in [0.5, 0.6) is 5.75 Å². The maximum atomic E-state index is 12.3. The summed E-state index contributed by atoms with van der Waals surface area (Å²) in [6, 6.07) is 2.96. The molecule has 0 spiro atoms. The number of phenols is 1. The first-order valence-corrected chi connectivity index (χ1v) is 8.71. The highest BCUT2D eigenvalue weighted by molar-refractivity contribution is 6.02. The zero-order chi connectivity index (χ0) is 19.4. The van der Waals surface area contributed by atoms with E-state index in [-0.39, 0.29) is 17.1 Å². The van der Waals surface area contributed by atoms with Gasteiger partial charge in [-0.05, 0) is 55.0 Å². The third-order valence-electron chi connectivity index (χ3n) is 4.57. The van der Waals surface area contributed by atoms with Crippen molar-refractivity contribution in [1.29, 1.82) is 0 Å². The van der Waals surface area contributed by atoms with Crippen LogP contribution in [0.25, 0.3) is 6.08 Å². The van der Waals surface area contributed by atoms with Gasteiger partial charge in [-0.3, -0.25) is 4.79 Å². The van der Waals surface area contributed by atoms with Crippen molar-refractivity contribution in [2.75, 3.05) is 13.7 Å². The molecule has 6 heteroatoms. The molecular weight excluding hydrogens is 348 g/mol. The van der Waals surface area contributed by atoms with Crippen molar-refractivity contribution in [3.63, 3.8) is 0 Å². The average Bonchev–Trinajstić information content (AvgIpc) is 2.70. The van der Waals surface area contributed by atoms with E-state index in [1.165, 1.54) is 19.2 Å². The minimum absolute atomic E-state index is 0.0444. The topological polar surface area (TPSA) is 89.9 Å². The van der Waals surface area contributed by atoms with E-state index in [0.717, 1.165) is 18.4 Å². The third kappa shape index (κ3) is 4.16. The lowest BCUT2D eigenvalue weighted by Crippen LogP contribution is -2.16. The Bertz CT molecular complexity index is 888. The zero-order valence-electron chi connectivity index (χ0n) is 15.0. The van der Waals surface area contributed by atoms with E-state index >= 15 is 0 Å². The van der Waals surface area contributed by atoms with Crippen molar-refractivity contribution in [2.24, 2.45) is 0 Å². The average molecular weight is 368 g/mol. The first-order chi connectivity index (χ1) is 13.0. The molecule has 0 unspecified atom stereocenters. The molecule has 0 amide bonds. The van der Waals surface area contributed by atoms with Gasteiger partial charge in [-0.1, -0.05) is 18.2 Å². The second-order valence-corrected chi connectivity index (χ2v) is 6.37. The highest BCUT2D eigenvalue weighted by Crippen LogP contribution is 2.30. The number of aromatic hydroxyl groups is 1. The number of aryl methyl sites for hydroxylation is 1. The van der Waals surface area contributed by atoms with Gasteiger partial charge in [0.1, 0.15) is 11.3 Å². The quantitative estimate of drug-likeness (QED) is 0.804. The number of carbonyl (C=O) groups is 3. The molecule has 0 saturated heterocycles. The van der Waals surface area contributed by atoms with Crippen LogP contribution in [0.15, 0.2) is 41.5 Å². The summed E-state index contributed by atoms with van der Waals surface area (Å²) < 4.78 is 9.81. The summed E-state index contributed by atoms with van der Waals surface area (Å²) in [5.74, 6) is -1.71. The predicted molar refractivity (Wildman–Crippen MR) is 98.2 cm³/mol. The number of carbonyl (C=O) groups excluding carboxylic acids is 3. The number of Topliss-reactive ketones (excluding diaryl/α,β-unsaturated/α-hetero) is 1. The summed E-state index contributed by atoms with van der Waals surface area (Å²) in [7, 11) is 1.31. The van der Waals surface area contributed by atoms with Crippen molar-refractivity contribution >= 4 is 23.8 Å². The molecule has 0 saturated carbocycles. The number of benzene rings is 1. The Morgan fingerprint density at radius 2 is 1.93 bits per heavy atom. The summed E-state index contributed by atoms with van der Waals surface area (Å²) in [6.45, 7) is -0.394. The Hall–Kier alpha value is -3.15. The van der Waals surface area contributed by atoms with Crippen molar-refractivity contribution in [3.05, 3.63) is 58.2 Å². The molecule has 27 heavy (non-hydrogen) atoms. The number of ketones is 1. The van der Waals surface area contributed by atoms with E-state index in [0.29, 0.717) is 29.6 Å². The van der Waals surface area contributed by atoms with Crippen molar-refractivity contribution < 1.29 is 29.0 Å². The fraction of sp³-hybridized carbons (Fsp3) is 0.286. The second-order valence-electron chi connectivity index (χ2n) is 6.37. The van der Waals surface area contributed by atoms with E-state index < -0.39 is 18.5 Å². The fourth-order valence-corrected chi connectivity index (χ4v) is 3.10. The van der Waals surface area contributed by atoms with Gasteiger partial charge in [0, 0.05) is 11.1 Å². The molecule has 140 valence electrons. The zero-order valence-corrected chi connectivity index (χ0v) is 15.0. The largest absolute Gasteiger partial charge is 0.507 e. The standard InChI is InChI=1S/C21H20O6/c1-26-20(24)15-8-7-14-11-18(22)17(10-16(14)9-15)21(25)27-12-19(23)13-5-3-2-4-6-13/h3,5-6,9-11,22H,2,4,7-8,12H2,1H3. The van der Waals surface area contributed by atoms with Crippen molar-refractivity contribution in [2.45, 2.75) is 25.7 Å². The van der Waals surface area contributed by atoms with Crippen molar-refractivity contribution in [3.8, 4) is 5.75 Å². The first kappa shape index (κ1) is 18.6. The Kier molecular flexibility index (Phi) is 5.54. The molecule has 0 aliphatic heterocycles. The number of rotatable bonds is 5. The van der Waals surface area contributed by atoms with Gasteiger partial charge in [0.25, 0.3) is 0 Å². The van der Waals surface area contributed by atoms with Crippen LogP contribution in [0, 0.1) is 0 Å². The van der Waals surface area contributed by atoms with Gasteiger partial charge in [-0.25, -0.2) is 9.59 Å². The molecule has 1 aromatic carbocycles. The van der Waals surface area contributed by atoms with E-state index in [4.69, 9.17) is 9.47 Å². The minimum atomic E-state index is -0.789. The van der Waals surface area contributed by atoms with Gasteiger partial charge < -0.3 is 14.6 Å². The summed E-state index contributed by atoms with van der Waals surface area (Å²) in [5, 5.41) is 10.2. The van der Waals surface area contributed by atoms with E-state index in [2.05, 4.69) is 0 Å². The summed E-state index contributed by atoms with van der Waals surface area (Å²) in [6.07, 6.45) is 9.80. The second kappa shape index (κ2) is 8.03. The van der Waals surface area contributed by atoms with Gasteiger partial charge in [0.15, 0.2) is 12.4 Å². The number of hydrogen-bond donors (Lipinski definition) is 1. The van der Waals surface area contributed by atoms with Crippen LogP contribution in [0.3, 0.4) is 0 Å². The number of hydrogen-bond acceptors (Lipinski definition) is 6. The molecule has 1 N–H and O–H groups in total. The molecular formula is C21H20O6. The van der Waals surface area contributed by atoms with Crippen LogP contribution >= 0.6 is 0 Å². The highest BCUT2D eigenvalue weighted by atomic mass is 16.5. The smallest absolute Gasteiger partial charge is 0.342 e. The van der Waals surface area contributed by atoms with E-state index in [1.807, 2.05) is 12.2 Å². The number of methoxy groups -OCH3 is 1. The number of esters is 2. The monoisotopic (exact) mass is 368 g/mol. The maximum absolute atomic E-state index is 12.3. The number of allylic oxidation sites excluding steroid dienone is 3. The van der Waals surface area contributed by atoms with Crippen LogP contribution < -0.4 is 0 Å². The molecule has 0 fully saturated rings. The Balaban J connectivity index is 1.75. The summed E-state index contributed by atoms with van der Waals surface area (Å²) >= 11 is 0. The number of phenolic OH excluding ortho intramolecular Hbond substituents is 1. The Morgan fingerprint density at radius 3 is 2.63 bits per heavy atom. The van der Waals surface area contributed by atoms with Gasteiger partial charge in [-0.15, -0.1) is 0 Å². The van der Waals surface area contributed by atoms with Crippen molar-refractivity contribution in [1.82, 2.24) is 0 Å². The molecule has 3 rings (SSSR count). The van der Waals surface area contributed by atoms with Gasteiger partial charge in [0.2, 0.25) is 0 Å². The SMILES string of the molecule is COC(=O)C1=Cc2cc(C(=O)OCC(=O)C3=CCCC=C3)c(O)cc2CC1. The van der Waals surface area contributed by atoms with Gasteiger partial charge >= 0.3 is 11.9 Å².